The molecule has 1 unspecified atom stereocenters. The molecule has 4 nitrogen and oxygen atoms in total. The van der Waals surface area contributed by atoms with Crippen LogP contribution in [-0.2, 0) is 18.9 Å². The van der Waals surface area contributed by atoms with E-state index in [0.717, 1.165) is 25.9 Å². The summed E-state index contributed by atoms with van der Waals surface area (Å²) >= 11 is 0. The molecule has 1 atom stereocenters. The Kier molecular flexibility index (Phi) is 13.4. The average Bonchev–Trinajstić information content (AvgIpc) is 2.52. The van der Waals surface area contributed by atoms with Gasteiger partial charge in [0.05, 0.1) is 0 Å². The Morgan fingerprint density at radius 1 is 0.714 bits per heavy atom. The van der Waals surface area contributed by atoms with E-state index in [1.54, 1.807) is 28.4 Å². The molecular weight excluding hydrogens is 268 g/mol. The van der Waals surface area contributed by atoms with Crippen LogP contribution in [0.2, 0.25) is 0 Å². The highest BCUT2D eigenvalue weighted by atomic mass is 16.9. The molecule has 0 aliphatic rings. The van der Waals surface area contributed by atoms with Gasteiger partial charge in [-0.3, -0.25) is 0 Å². The summed E-state index contributed by atoms with van der Waals surface area (Å²) in [5.41, 5.74) is 0. The van der Waals surface area contributed by atoms with Crippen molar-refractivity contribution in [1.29, 1.82) is 0 Å². The Morgan fingerprint density at radius 2 is 1.24 bits per heavy atom. The van der Waals surface area contributed by atoms with Crippen molar-refractivity contribution < 1.29 is 18.9 Å². The molecule has 128 valence electrons. The minimum atomic E-state index is -0.919. The van der Waals surface area contributed by atoms with Crippen molar-refractivity contribution in [1.82, 2.24) is 0 Å². The van der Waals surface area contributed by atoms with Gasteiger partial charge >= 0.3 is 0 Å². The molecule has 0 N–H and O–H groups in total. The fourth-order valence-corrected chi connectivity index (χ4v) is 2.89. The van der Waals surface area contributed by atoms with Gasteiger partial charge in [0.15, 0.2) is 0 Å². The largest absolute Gasteiger partial charge is 0.385 e. The minimum Gasteiger partial charge on any atom is -0.385 e. The van der Waals surface area contributed by atoms with E-state index in [4.69, 9.17) is 18.9 Å². The second-order valence-corrected chi connectivity index (χ2v) is 5.60. The summed E-state index contributed by atoms with van der Waals surface area (Å²) in [6.07, 6.45) is 10.8. The van der Waals surface area contributed by atoms with Gasteiger partial charge in [0, 0.05) is 41.0 Å². The maximum atomic E-state index is 5.54. The molecule has 0 fully saturated rings. The van der Waals surface area contributed by atoms with Gasteiger partial charge in [-0.2, -0.15) is 0 Å². The van der Waals surface area contributed by atoms with Gasteiger partial charge in [-0.15, -0.1) is 0 Å². The second-order valence-electron chi connectivity index (χ2n) is 5.60. The third-order valence-corrected chi connectivity index (χ3v) is 4.16. The number of ether oxygens (including phenoxy) is 4. The zero-order chi connectivity index (χ0) is 16.0. The zero-order valence-corrected chi connectivity index (χ0v) is 14.8. The number of methoxy groups -OCH3 is 4. The maximum absolute atomic E-state index is 5.54. The minimum absolute atomic E-state index is 0.235. The van der Waals surface area contributed by atoms with Gasteiger partial charge in [-0.05, 0) is 19.3 Å². The van der Waals surface area contributed by atoms with Crippen LogP contribution in [0, 0.1) is 5.92 Å². The summed E-state index contributed by atoms with van der Waals surface area (Å²) in [5.74, 6) is -0.684. The first-order valence-corrected chi connectivity index (χ1v) is 8.35. The Balaban J connectivity index is 4.30. The summed E-state index contributed by atoms with van der Waals surface area (Å²) in [5, 5.41) is 0. The molecule has 21 heavy (non-hydrogen) atoms. The van der Waals surface area contributed by atoms with E-state index in [-0.39, 0.29) is 5.92 Å². The summed E-state index contributed by atoms with van der Waals surface area (Å²) in [7, 11) is 6.69. The normalized spacial score (nSPS) is 13.6. The molecule has 0 aromatic rings. The molecule has 0 spiro atoms. The third-order valence-electron chi connectivity index (χ3n) is 4.16. The summed E-state index contributed by atoms with van der Waals surface area (Å²) < 4.78 is 21.8. The maximum Gasteiger partial charge on any atom is 0.285 e. The lowest BCUT2D eigenvalue weighted by atomic mass is 9.93. The molecule has 0 amide bonds. The van der Waals surface area contributed by atoms with E-state index in [2.05, 4.69) is 6.92 Å². The van der Waals surface area contributed by atoms with Crippen LogP contribution in [0.3, 0.4) is 0 Å². The van der Waals surface area contributed by atoms with E-state index >= 15 is 0 Å². The Labute approximate surface area is 131 Å². The first-order valence-electron chi connectivity index (χ1n) is 8.35. The lowest BCUT2D eigenvalue weighted by Crippen LogP contribution is -2.44. The van der Waals surface area contributed by atoms with E-state index in [1.807, 2.05) is 0 Å². The zero-order valence-electron chi connectivity index (χ0n) is 14.8. The highest BCUT2D eigenvalue weighted by molar-refractivity contribution is 4.71. The highest BCUT2D eigenvalue weighted by Crippen LogP contribution is 2.32. The standard InChI is InChI=1S/C17H36O4/c1-6-7-8-9-10-11-13-16(14-12-15-18-2)17(19-3,20-4)21-5/h16H,6-15H2,1-5H3. The van der Waals surface area contributed by atoms with E-state index < -0.39 is 5.97 Å². The predicted molar refractivity (Wildman–Crippen MR) is 86.4 cm³/mol. The van der Waals surface area contributed by atoms with Gasteiger partial charge < -0.3 is 18.9 Å². The van der Waals surface area contributed by atoms with Crippen LogP contribution >= 0.6 is 0 Å². The molecule has 0 bridgehead atoms. The van der Waals surface area contributed by atoms with Gasteiger partial charge in [0.25, 0.3) is 5.97 Å². The SMILES string of the molecule is CCCCCCCCC(CCCOC)C(OC)(OC)OC. The van der Waals surface area contributed by atoms with Crippen LogP contribution in [-0.4, -0.2) is 41.0 Å². The van der Waals surface area contributed by atoms with Gasteiger partial charge in [-0.1, -0.05) is 45.4 Å². The molecule has 0 aromatic carbocycles. The molecule has 4 heteroatoms. The van der Waals surface area contributed by atoms with Crippen LogP contribution in [0.1, 0.15) is 64.7 Å². The highest BCUT2D eigenvalue weighted by Gasteiger charge is 2.39. The summed E-state index contributed by atoms with van der Waals surface area (Å²) in [6.45, 7) is 3.01. The summed E-state index contributed by atoms with van der Waals surface area (Å²) in [6, 6.07) is 0. The average molecular weight is 304 g/mol. The smallest absolute Gasteiger partial charge is 0.285 e. The van der Waals surface area contributed by atoms with Gasteiger partial charge in [0.1, 0.15) is 0 Å². The quantitative estimate of drug-likeness (QED) is 0.332. The van der Waals surface area contributed by atoms with Crippen molar-refractivity contribution in [2.24, 2.45) is 5.92 Å². The first-order chi connectivity index (χ1) is 10.2. The van der Waals surface area contributed by atoms with Crippen molar-refractivity contribution in [3.63, 3.8) is 0 Å². The van der Waals surface area contributed by atoms with Crippen LogP contribution in [0.25, 0.3) is 0 Å². The molecule has 0 saturated heterocycles. The lowest BCUT2D eigenvalue weighted by Gasteiger charge is -2.36. The number of unbranched alkanes of at least 4 members (excludes halogenated alkanes) is 5. The van der Waals surface area contributed by atoms with Crippen LogP contribution < -0.4 is 0 Å². The van der Waals surface area contributed by atoms with Gasteiger partial charge in [-0.25, -0.2) is 0 Å². The van der Waals surface area contributed by atoms with E-state index in [9.17, 15) is 0 Å². The molecule has 0 aliphatic carbocycles. The van der Waals surface area contributed by atoms with Crippen molar-refractivity contribution in [2.45, 2.75) is 70.7 Å². The molecular formula is C17H36O4. The number of hydrogen-bond donors (Lipinski definition) is 0. The fourth-order valence-electron chi connectivity index (χ4n) is 2.89. The molecule has 0 heterocycles. The lowest BCUT2D eigenvalue weighted by molar-refractivity contribution is -0.380. The fraction of sp³-hybridized carbons (Fsp3) is 1.00. The van der Waals surface area contributed by atoms with Gasteiger partial charge in [0.2, 0.25) is 0 Å². The van der Waals surface area contributed by atoms with Crippen LogP contribution in [0.5, 0.6) is 0 Å². The van der Waals surface area contributed by atoms with Crippen LogP contribution in [0.15, 0.2) is 0 Å². The topological polar surface area (TPSA) is 36.9 Å². The molecule has 0 rings (SSSR count). The summed E-state index contributed by atoms with van der Waals surface area (Å²) in [4.78, 5) is 0. The van der Waals surface area contributed by atoms with Crippen LogP contribution in [0.4, 0.5) is 0 Å². The van der Waals surface area contributed by atoms with Crippen molar-refractivity contribution in [3.05, 3.63) is 0 Å². The monoisotopic (exact) mass is 304 g/mol. The van der Waals surface area contributed by atoms with E-state index in [0.29, 0.717) is 0 Å². The number of hydrogen-bond acceptors (Lipinski definition) is 4. The Morgan fingerprint density at radius 3 is 1.76 bits per heavy atom. The van der Waals surface area contributed by atoms with E-state index in [1.165, 1.54) is 38.5 Å². The first kappa shape index (κ1) is 20.8. The van der Waals surface area contributed by atoms with Crippen molar-refractivity contribution in [2.75, 3.05) is 35.0 Å². The predicted octanol–water partition coefficient (Wildman–Crippen LogP) is 4.37. The second kappa shape index (κ2) is 13.5. The van der Waals surface area contributed by atoms with Crippen molar-refractivity contribution in [3.8, 4) is 0 Å². The molecule has 0 radical (unpaired) electrons. The number of rotatable bonds is 15. The Hall–Kier alpha value is -0.160. The molecule has 0 aromatic heterocycles. The van der Waals surface area contributed by atoms with Crippen molar-refractivity contribution >= 4 is 0 Å². The Bertz CT molecular complexity index is 209. The molecule has 0 aliphatic heterocycles. The molecule has 0 saturated carbocycles. The third kappa shape index (κ3) is 8.15.